The largest absolute Gasteiger partial charge is 0.466 e. The summed E-state index contributed by atoms with van der Waals surface area (Å²) >= 11 is 1.01. The molecule has 0 saturated carbocycles. The molecule has 0 radical (unpaired) electrons. The van der Waals surface area contributed by atoms with E-state index in [1.807, 2.05) is 0 Å². The van der Waals surface area contributed by atoms with Gasteiger partial charge in [-0.25, -0.2) is 0 Å². The molecular weight excluding hydrogens is 438 g/mol. The minimum absolute atomic E-state index is 0.0996. The maximum Gasteiger partial charge on any atom is 0.462 e. The van der Waals surface area contributed by atoms with E-state index in [1.54, 1.807) is 20.8 Å². The van der Waals surface area contributed by atoms with Crippen molar-refractivity contribution in [2.24, 2.45) is 11.8 Å². The minimum atomic E-state index is -1.03. The van der Waals surface area contributed by atoms with E-state index in [-0.39, 0.29) is 13.2 Å². The van der Waals surface area contributed by atoms with Crippen molar-refractivity contribution in [1.82, 2.24) is 14.9 Å². The molecule has 0 bridgehead atoms. The van der Waals surface area contributed by atoms with Crippen LogP contribution in [0.15, 0.2) is 6.33 Å². The molecule has 1 saturated heterocycles. The Hall–Kier alpha value is -3.23. The Kier molecular flexibility index (Phi) is 7.90. The van der Waals surface area contributed by atoms with Gasteiger partial charge in [-0.3, -0.25) is 14.4 Å². The molecule has 1 amide bonds. The van der Waals surface area contributed by atoms with Crippen molar-refractivity contribution >= 4 is 41.2 Å². The summed E-state index contributed by atoms with van der Waals surface area (Å²) in [5, 5.41) is 23.0. The van der Waals surface area contributed by atoms with Gasteiger partial charge in [0.05, 0.1) is 24.5 Å². The first kappa shape index (κ1) is 24.0. The van der Waals surface area contributed by atoms with Crippen molar-refractivity contribution in [3.63, 3.8) is 0 Å². The predicted octanol–water partition coefficient (Wildman–Crippen LogP) is 0.636. The van der Waals surface area contributed by atoms with Crippen LogP contribution in [0.4, 0.5) is 11.6 Å². The highest BCUT2D eigenvalue weighted by Gasteiger charge is 2.50. The fourth-order valence-corrected chi connectivity index (χ4v) is 4.82. The summed E-state index contributed by atoms with van der Waals surface area (Å²) in [4.78, 5) is 60.6. The van der Waals surface area contributed by atoms with Crippen molar-refractivity contribution in [2.75, 3.05) is 13.2 Å². The van der Waals surface area contributed by atoms with Crippen LogP contribution >= 0.6 is 11.8 Å². The highest BCUT2D eigenvalue weighted by molar-refractivity contribution is 8.01. The monoisotopic (exact) mass is 459 g/mol. The van der Waals surface area contributed by atoms with Crippen LogP contribution in [0.5, 0.6) is 0 Å². The molecule has 0 aliphatic carbocycles. The Morgan fingerprint density at radius 2 is 1.77 bits per heavy atom. The van der Waals surface area contributed by atoms with E-state index in [0.717, 1.165) is 22.7 Å². The number of ether oxygens (including phenoxy) is 2. The van der Waals surface area contributed by atoms with Gasteiger partial charge in [0.25, 0.3) is 12.2 Å². The Balaban J connectivity index is 2.21. The molecule has 0 spiro atoms. The third-order valence-electron chi connectivity index (χ3n) is 4.50. The maximum atomic E-state index is 12.5. The first-order valence-electron chi connectivity index (χ1n) is 9.24. The lowest BCUT2D eigenvalue weighted by molar-refractivity contribution is -0.428. The molecule has 31 heavy (non-hydrogen) atoms. The highest BCUT2D eigenvalue weighted by atomic mass is 32.2. The van der Waals surface area contributed by atoms with Gasteiger partial charge in [-0.2, -0.15) is 4.57 Å². The van der Waals surface area contributed by atoms with Crippen LogP contribution in [-0.4, -0.2) is 61.1 Å². The number of nitrogens with zero attached hydrogens (tertiary/aromatic N) is 4. The van der Waals surface area contributed by atoms with E-state index in [4.69, 9.17) is 9.47 Å². The van der Waals surface area contributed by atoms with Gasteiger partial charge in [-0.15, -0.1) is 11.8 Å². The molecule has 1 aromatic heterocycles. The number of imidazole rings is 1. The number of hydrogen-bond donors (Lipinski definition) is 1. The van der Waals surface area contributed by atoms with Gasteiger partial charge >= 0.3 is 23.6 Å². The average molecular weight is 459 g/mol. The lowest BCUT2D eigenvalue weighted by atomic mass is 9.91. The molecule has 4 atom stereocenters. The van der Waals surface area contributed by atoms with Crippen molar-refractivity contribution in [2.45, 2.75) is 37.9 Å². The molecule has 1 N–H and O–H groups in total. The van der Waals surface area contributed by atoms with Crippen LogP contribution in [0, 0.1) is 32.1 Å². The third-order valence-corrected chi connectivity index (χ3v) is 6.11. The summed E-state index contributed by atoms with van der Waals surface area (Å²) < 4.78 is 10.8. The number of esters is 2. The number of thioether (sulfide) groups is 1. The summed E-state index contributed by atoms with van der Waals surface area (Å²) in [7, 11) is 0. The second-order valence-electron chi connectivity index (χ2n) is 6.47. The smallest absolute Gasteiger partial charge is 0.462 e. The fourth-order valence-electron chi connectivity index (χ4n) is 3.18. The molecule has 0 unspecified atom stereocenters. The van der Waals surface area contributed by atoms with Gasteiger partial charge in [-0.1, -0.05) is 6.92 Å². The van der Waals surface area contributed by atoms with Gasteiger partial charge in [0.2, 0.25) is 0 Å². The Labute approximate surface area is 179 Å². The average Bonchev–Trinajstić information content (AvgIpc) is 3.23. The van der Waals surface area contributed by atoms with Gasteiger partial charge < -0.3 is 35.0 Å². The van der Waals surface area contributed by atoms with Crippen LogP contribution in [0.3, 0.4) is 0 Å². The molecule has 2 rings (SSSR count). The van der Waals surface area contributed by atoms with Gasteiger partial charge in [-0.05, 0) is 29.6 Å². The highest BCUT2D eigenvalue weighted by Crippen LogP contribution is 2.43. The van der Waals surface area contributed by atoms with E-state index in [0.29, 0.717) is 0 Å². The molecular formula is C16H21N5O9S. The molecule has 15 heteroatoms. The number of aromatic nitrogens is 2. The predicted molar refractivity (Wildman–Crippen MR) is 105 cm³/mol. The number of carbonyl (C=O) groups excluding carboxylic acids is 3. The van der Waals surface area contributed by atoms with Gasteiger partial charge in [0.15, 0.2) is 6.54 Å². The van der Waals surface area contributed by atoms with Crippen LogP contribution in [0.2, 0.25) is 0 Å². The normalized spacial score (nSPS) is 22.5. The van der Waals surface area contributed by atoms with Crippen LogP contribution < -0.4 is 5.32 Å². The number of rotatable bonds is 9. The Morgan fingerprint density at radius 3 is 2.32 bits per heavy atom. The Bertz CT molecular complexity index is 889. The van der Waals surface area contributed by atoms with E-state index in [2.05, 4.69) is 10.3 Å². The van der Waals surface area contributed by atoms with Gasteiger partial charge in [0, 0.05) is 4.98 Å². The molecule has 1 aliphatic rings. The van der Waals surface area contributed by atoms with Gasteiger partial charge in [0.1, 0.15) is 5.25 Å². The minimum Gasteiger partial charge on any atom is -0.466 e. The number of hydrogen-bond acceptors (Lipinski definition) is 11. The summed E-state index contributed by atoms with van der Waals surface area (Å²) in [6, 6.07) is 0. The Morgan fingerprint density at radius 1 is 1.16 bits per heavy atom. The number of nitrogens with one attached hydrogen (secondary N) is 1. The molecule has 1 aliphatic heterocycles. The first-order valence-corrected chi connectivity index (χ1v) is 10.2. The topological polar surface area (TPSA) is 186 Å². The standard InChI is InChI=1S/C16H21N5O9S/c1-4-29-15(23)10-8(3)11(16(24)30-5-2)31-13(10)18-9(22)6-19-7-17-12(20(25)26)14(19)21(27)28/h7-8,10-11,13H,4-6H2,1-3H3,(H,18,22)/t8-,10+,11-,13+/m1/s1. The number of carbonyl (C=O) groups is 3. The van der Waals surface area contributed by atoms with Crippen LogP contribution in [0.1, 0.15) is 20.8 Å². The maximum absolute atomic E-state index is 12.5. The lowest BCUT2D eigenvalue weighted by Crippen LogP contribution is -2.42. The van der Waals surface area contributed by atoms with Crippen molar-refractivity contribution in [1.29, 1.82) is 0 Å². The summed E-state index contributed by atoms with van der Waals surface area (Å²) in [6.07, 6.45) is 0.810. The zero-order valence-corrected chi connectivity index (χ0v) is 17.7. The molecule has 170 valence electrons. The van der Waals surface area contributed by atoms with Crippen molar-refractivity contribution < 1.29 is 33.7 Å². The van der Waals surface area contributed by atoms with E-state index in [1.165, 1.54) is 0 Å². The second-order valence-corrected chi connectivity index (χ2v) is 7.76. The zero-order chi connectivity index (χ0) is 23.3. The first-order chi connectivity index (χ1) is 14.6. The molecule has 14 nitrogen and oxygen atoms in total. The molecule has 1 fully saturated rings. The second kappa shape index (κ2) is 10.2. The molecule has 1 aromatic rings. The quantitative estimate of drug-likeness (QED) is 0.310. The van der Waals surface area contributed by atoms with E-state index in [9.17, 15) is 34.6 Å². The number of amides is 1. The van der Waals surface area contributed by atoms with E-state index >= 15 is 0 Å². The summed E-state index contributed by atoms with van der Waals surface area (Å²) in [5.74, 6) is -5.23. The van der Waals surface area contributed by atoms with Crippen molar-refractivity contribution in [3.8, 4) is 0 Å². The fraction of sp³-hybridized carbons (Fsp3) is 0.625. The summed E-state index contributed by atoms with van der Waals surface area (Å²) in [5.41, 5.74) is 0. The molecule has 2 heterocycles. The van der Waals surface area contributed by atoms with E-state index < -0.39 is 68.3 Å². The van der Waals surface area contributed by atoms with Crippen molar-refractivity contribution in [3.05, 3.63) is 26.6 Å². The van der Waals surface area contributed by atoms with Crippen LogP contribution in [0.25, 0.3) is 0 Å². The summed E-state index contributed by atoms with van der Waals surface area (Å²) in [6.45, 7) is 4.51. The number of nitro groups is 2. The molecule has 0 aromatic carbocycles. The SMILES string of the molecule is CCOC(=O)[C@H]1[C@@H](C)[C@H](C(=O)OCC)S[C@@H]1NC(=O)Cn1cnc([N+](=O)[O-])c1[N+](=O)[O-]. The van der Waals surface area contributed by atoms with Crippen LogP contribution in [-0.2, 0) is 30.4 Å². The zero-order valence-electron chi connectivity index (χ0n) is 16.9. The lowest BCUT2D eigenvalue weighted by Gasteiger charge is -2.21. The third kappa shape index (κ3) is 5.28.